The van der Waals surface area contributed by atoms with E-state index in [1.54, 1.807) is 0 Å². The van der Waals surface area contributed by atoms with Gasteiger partial charge in [-0.05, 0) is 53.5 Å². The molecule has 1 saturated heterocycles. The molecule has 0 radical (unpaired) electrons. The zero-order chi connectivity index (χ0) is 19.3. The van der Waals surface area contributed by atoms with Crippen LogP contribution in [-0.2, 0) is 28.3 Å². The minimum atomic E-state index is -1.11. The summed E-state index contributed by atoms with van der Waals surface area (Å²) in [5.41, 5.74) is 5.75. The van der Waals surface area contributed by atoms with Gasteiger partial charge >= 0.3 is 0 Å². The van der Waals surface area contributed by atoms with Crippen molar-refractivity contribution in [2.24, 2.45) is 0 Å². The molecule has 1 spiro atoms. The number of hydrogen-bond donors (Lipinski definition) is 3. The molecular formula is C23H26O5. The fourth-order valence-electron chi connectivity index (χ4n) is 4.46. The van der Waals surface area contributed by atoms with E-state index in [-0.39, 0.29) is 13.0 Å². The van der Waals surface area contributed by atoms with Crippen molar-refractivity contribution < 1.29 is 24.8 Å². The minimum Gasteiger partial charge on any atom is -0.394 e. The Kier molecular flexibility index (Phi) is 4.53. The van der Waals surface area contributed by atoms with Crippen LogP contribution in [-0.4, -0.2) is 40.2 Å². The number of hydrogen-bond acceptors (Lipinski definition) is 5. The van der Waals surface area contributed by atoms with Gasteiger partial charge in [0.05, 0.1) is 19.3 Å². The highest BCUT2D eigenvalue weighted by Crippen LogP contribution is 2.46. The van der Waals surface area contributed by atoms with Gasteiger partial charge in [0.2, 0.25) is 0 Å². The summed E-state index contributed by atoms with van der Waals surface area (Å²) < 4.78 is 11.9. The molecule has 3 aliphatic rings. The van der Waals surface area contributed by atoms with E-state index in [0.29, 0.717) is 6.61 Å². The average molecular weight is 382 g/mol. The van der Waals surface area contributed by atoms with Gasteiger partial charge in [0.25, 0.3) is 0 Å². The summed E-state index contributed by atoms with van der Waals surface area (Å²) in [4.78, 5) is 0. The molecule has 2 aliphatic heterocycles. The van der Waals surface area contributed by atoms with Crippen molar-refractivity contribution in [3.63, 3.8) is 0 Å². The number of aliphatic hydroxyl groups excluding tert-OH is 3. The van der Waals surface area contributed by atoms with Crippen LogP contribution in [0.15, 0.2) is 42.5 Å². The zero-order valence-corrected chi connectivity index (χ0v) is 15.8. The summed E-state index contributed by atoms with van der Waals surface area (Å²) in [6.45, 7) is 0.0262. The molecule has 1 aliphatic carbocycles. The molecule has 0 aromatic heterocycles. The highest BCUT2D eigenvalue weighted by Gasteiger charge is 2.51. The van der Waals surface area contributed by atoms with E-state index in [4.69, 9.17) is 9.47 Å². The van der Waals surface area contributed by atoms with Crippen LogP contribution in [0, 0.1) is 0 Å². The van der Waals surface area contributed by atoms with Crippen molar-refractivity contribution in [3.05, 3.63) is 70.3 Å². The zero-order valence-electron chi connectivity index (χ0n) is 15.8. The van der Waals surface area contributed by atoms with E-state index < -0.39 is 24.1 Å². The molecular weight excluding hydrogens is 356 g/mol. The first kappa shape index (κ1) is 18.3. The fourth-order valence-corrected chi connectivity index (χ4v) is 4.46. The predicted octanol–water partition coefficient (Wildman–Crippen LogP) is 2.34. The molecule has 2 fully saturated rings. The van der Waals surface area contributed by atoms with Crippen molar-refractivity contribution in [2.75, 3.05) is 6.61 Å². The summed E-state index contributed by atoms with van der Waals surface area (Å²) in [5, 5.41) is 29.9. The van der Waals surface area contributed by atoms with Crippen LogP contribution < -0.4 is 0 Å². The first-order valence-corrected chi connectivity index (χ1v) is 10.1. The summed E-state index contributed by atoms with van der Waals surface area (Å²) in [5.74, 6) is -0.344. The SMILES string of the molecule is OC[C@H]1O[C@@]2(CC(O)[C@@H]1O)OCc1ccc(Cc3ccc(C4CC4)cc3)cc12. The molecule has 5 rings (SSSR count). The molecule has 1 saturated carbocycles. The number of benzene rings is 2. The maximum absolute atomic E-state index is 10.3. The molecule has 4 atom stereocenters. The lowest BCUT2D eigenvalue weighted by Gasteiger charge is -2.42. The van der Waals surface area contributed by atoms with E-state index in [9.17, 15) is 15.3 Å². The third-order valence-corrected chi connectivity index (χ3v) is 6.26. The standard InChI is InChI=1S/C23H26O5/c24-12-21-22(26)20(25)11-23(28-21)19-10-15(3-6-18(19)13-27-23)9-14-1-4-16(5-2-14)17-7-8-17/h1-6,10,17,20-22,24-26H,7-9,11-13H2/t20?,21-,22+,23-/m1/s1. The molecule has 148 valence electrons. The Morgan fingerprint density at radius 2 is 1.75 bits per heavy atom. The molecule has 3 N–H and O–H groups in total. The third-order valence-electron chi connectivity index (χ3n) is 6.26. The van der Waals surface area contributed by atoms with Gasteiger partial charge in [-0.15, -0.1) is 0 Å². The maximum Gasteiger partial charge on any atom is 0.198 e. The van der Waals surface area contributed by atoms with Gasteiger partial charge in [0.15, 0.2) is 5.79 Å². The van der Waals surface area contributed by atoms with Crippen molar-refractivity contribution in [2.45, 2.75) is 62.3 Å². The fraction of sp³-hybridized carbons (Fsp3) is 0.478. The van der Waals surface area contributed by atoms with Gasteiger partial charge in [-0.2, -0.15) is 0 Å². The van der Waals surface area contributed by atoms with Gasteiger partial charge in [-0.25, -0.2) is 0 Å². The van der Waals surface area contributed by atoms with Crippen molar-refractivity contribution >= 4 is 0 Å². The van der Waals surface area contributed by atoms with Gasteiger partial charge in [0, 0.05) is 12.0 Å². The third kappa shape index (κ3) is 3.17. The van der Waals surface area contributed by atoms with Crippen molar-refractivity contribution in [1.29, 1.82) is 0 Å². The van der Waals surface area contributed by atoms with Gasteiger partial charge in [-0.1, -0.05) is 36.4 Å². The van der Waals surface area contributed by atoms with Crippen molar-refractivity contribution in [1.82, 2.24) is 0 Å². The molecule has 5 heteroatoms. The molecule has 5 nitrogen and oxygen atoms in total. The molecule has 2 aromatic rings. The van der Waals surface area contributed by atoms with Gasteiger partial charge in [0.1, 0.15) is 12.2 Å². The predicted molar refractivity (Wildman–Crippen MR) is 103 cm³/mol. The Morgan fingerprint density at radius 1 is 1.00 bits per heavy atom. The van der Waals surface area contributed by atoms with Crippen LogP contribution in [0.1, 0.15) is 53.0 Å². The summed E-state index contributed by atoms with van der Waals surface area (Å²) >= 11 is 0. The van der Waals surface area contributed by atoms with E-state index >= 15 is 0 Å². The Morgan fingerprint density at radius 3 is 2.46 bits per heavy atom. The first-order chi connectivity index (χ1) is 13.6. The Bertz CT molecular complexity index is 860. The first-order valence-electron chi connectivity index (χ1n) is 10.1. The lowest BCUT2D eigenvalue weighted by atomic mass is 9.88. The molecule has 2 heterocycles. The van der Waals surface area contributed by atoms with Gasteiger partial charge < -0.3 is 24.8 Å². The van der Waals surface area contributed by atoms with Crippen LogP contribution in [0.25, 0.3) is 0 Å². The molecule has 2 aromatic carbocycles. The highest BCUT2D eigenvalue weighted by molar-refractivity contribution is 5.40. The van der Waals surface area contributed by atoms with Crippen molar-refractivity contribution in [3.8, 4) is 0 Å². The average Bonchev–Trinajstić information content (AvgIpc) is 3.50. The lowest BCUT2D eigenvalue weighted by molar-refractivity contribution is -0.326. The Hall–Kier alpha value is -1.76. The quantitative estimate of drug-likeness (QED) is 0.757. The second kappa shape index (κ2) is 6.94. The van der Waals surface area contributed by atoms with E-state index in [1.807, 2.05) is 6.07 Å². The largest absolute Gasteiger partial charge is 0.394 e. The summed E-state index contributed by atoms with van der Waals surface area (Å²) in [7, 11) is 0. The van der Waals surface area contributed by atoms with Crippen LogP contribution in [0.3, 0.4) is 0 Å². The second-order valence-electron chi connectivity index (χ2n) is 8.33. The molecule has 0 bridgehead atoms. The number of fused-ring (bicyclic) bond motifs is 2. The minimum absolute atomic E-state index is 0.150. The Labute approximate surface area is 164 Å². The number of rotatable bonds is 4. The van der Waals surface area contributed by atoms with Crippen LogP contribution in [0.5, 0.6) is 0 Å². The normalized spacial score (nSPS) is 31.9. The Balaban J connectivity index is 1.40. The monoisotopic (exact) mass is 382 g/mol. The second-order valence-corrected chi connectivity index (χ2v) is 8.33. The van der Waals surface area contributed by atoms with Crippen LogP contribution >= 0.6 is 0 Å². The molecule has 1 unspecified atom stereocenters. The number of aliphatic hydroxyl groups is 3. The van der Waals surface area contributed by atoms with Gasteiger partial charge in [-0.3, -0.25) is 0 Å². The van der Waals surface area contributed by atoms with E-state index in [2.05, 4.69) is 36.4 Å². The smallest absolute Gasteiger partial charge is 0.198 e. The summed E-state index contributed by atoms with van der Waals surface area (Å²) in [6, 6.07) is 15.1. The summed E-state index contributed by atoms with van der Waals surface area (Å²) in [6.07, 6.45) is 0.587. The lowest BCUT2D eigenvalue weighted by Crippen LogP contribution is -2.54. The number of ether oxygens (including phenoxy) is 2. The van der Waals surface area contributed by atoms with Crippen LogP contribution in [0.2, 0.25) is 0 Å². The van der Waals surface area contributed by atoms with E-state index in [0.717, 1.165) is 29.0 Å². The topological polar surface area (TPSA) is 79.2 Å². The van der Waals surface area contributed by atoms with Crippen LogP contribution in [0.4, 0.5) is 0 Å². The van der Waals surface area contributed by atoms with E-state index in [1.165, 1.54) is 24.0 Å². The maximum atomic E-state index is 10.3. The molecule has 0 amide bonds. The highest BCUT2D eigenvalue weighted by atomic mass is 16.7. The molecule has 28 heavy (non-hydrogen) atoms.